The summed E-state index contributed by atoms with van der Waals surface area (Å²) in [4.78, 5) is 6.82. The van der Waals surface area contributed by atoms with Gasteiger partial charge in [0.05, 0.1) is 11.2 Å². The molecule has 0 unspecified atom stereocenters. The van der Waals surface area contributed by atoms with Crippen LogP contribution in [0.25, 0.3) is 27.7 Å². The van der Waals surface area contributed by atoms with Crippen molar-refractivity contribution < 1.29 is 0 Å². The van der Waals surface area contributed by atoms with Crippen LogP contribution in [-0.4, -0.2) is 28.0 Å². The summed E-state index contributed by atoms with van der Waals surface area (Å²) >= 11 is 0. The molecule has 0 amide bonds. The average Bonchev–Trinajstić information content (AvgIpc) is 3.01. The number of benzene rings is 2. The normalized spacial score (nSPS) is 14.4. The van der Waals surface area contributed by atoms with Crippen LogP contribution in [0.5, 0.6) is 0 Å². The SMILES string of the molecule is Cc1ccc2c(c1)c1c(n2-c2ccccc2-c2cnccc2C)CCN(C)C1. The quantitative estimate of drug-likeness (QED) is 0.479. The van der Waals surface area contributed by atoms with Gasteiger partial charge in [-0.2, -0.15) is 0 Å². The predicted octanol–water partition coefficient (Wildman–Crippen LogP) is 5.30. The molecule has 1 aliphatic heterocycles. The van der Waals surface area contributed by atoms with Gasteiger partial charge in [0.25, 0.3) is 0 Å². The molecule has 28 heavy (non-hydrogen) atoms. The fourth-order valence-electron chi connectivity index (χ4n) is 4.52. The van der Waals surface area contributed by atoms with Gasteiger partial charge in [-0.15, -0.1) is 0 Å². The maximum atomic E-state index is 4.40. The van der Waals surface area contributed by atoms with Gasteiger partial charge in [0.15, 0.2) is 0 Å². The highest BCUT2D eigenvalue weighted by Crippen LogP contribution is 2.37. The Bertz CT molecular complexity index is 1190. The van der Waals surface area contributed by atoms with Crippen molar-refractivity contribution in [3.8, 4) is 16.8 Å². The Morgan fingerprint density at radius 3 is 2.68 bits per heavy atom. The summed E-state index contributed by atoms with van der Waals surface area (Å²) in [5.74, 6) is 0. The molecule has 2 aromatic heterocycles. The van der Waals surface area contributed by atoms with Crippen LogP contribution in [0.2, 0.25) is 0 Å². The summed E-state index contributed by atoms with van der Waals surface area (Å²) in [6, 6.07) is 17.7. The maximum absolute atomic E-state index is 4.40. The number of rotatable bonds is 2. The second-order valence-electron chi connectivity index (χ2n) is 7.98. The number of hydrogen-bond acceptors (Lipinski definition) is 2. The first kappa shape index (κ1) is 17.2. The Morgan fingerprint density at radius 2 is 1.82 bits per heavy atom. The van der Waals surface area contributed by atoms with Crippen LogP contribution < -0.4 is 0 Å². The maximum Gasteiger partial charge on any atom is 0.0537 e. The lowest BCUT2D eigenvalue weighted by Gasteiger charge is -2.25. The molecule has 3 heteroatoms. The molecule has 0 saturated carbocycles. The average molecular weight is 367 g/mol. The lowest BCUT2D eigenvalue weighted by Crippen LogP contribution is -2.27. The highest BCUT2D eigenvalue weighted by Gasteiger charge is 2.24. The van der Waals surface area contributed by atoms with E-state index in [1.54, 1.807) is 0 Å². The summed E-state index contributed by atoms with van der Waals surface area (Å²) in [5, 5.41) is 1.39. The number of hydrogen-bond donors (Lipinski definition) is 0. The zero-order valence-electron chi connectivity index (χ0n) is 16.7. The third-order valence-electron chi connectivity index (χ3n) is 5.97. The third-order valence-corrected chi connectivity index (χ3v) is 5.97. The van der Waals surface area contributed by atoms with Gasteiger partial charge in [-0.3, -0.25) is 4.98 Å². The molecular weight excluding hydrogens is 342 g/mol. The zero-order valence-corrected chi connectivity index (χ0v) is 16.7. The van der Waals surface area contributed by atoms with Gasteiger partial charge < -0.3 is 9.47 Å². The smallest absolute Gasteiger partial charge is 0.0537 e. The van der Waals surface area contributed by atoms with Crippen molar-refractivity contribution in [3.05, 3.63) is 83.3 Å². The van der Waals surface area contributed by atoms with Gasteiger partial charge >= 0.3 is 0 Å². The summed E-state index contributed by atoms with van der Waals surface area (Å²) in [6.07, 6.45) is 4.93. The number of para-hydroxylation sites is 1. The fourth-order valence-corrected chi connectivity index (χ4v) is 4.52. The standard InChI is InChI=1S/C25H25N3/c1-17-8-9-24-20(14-17)22-16-27(3)13-11-25(22)28(24)23-7-5-4-6-19(23)21-15-26-12-10-18(21)2/h4-10,12,14-15H,11,13,16H2,1-3H3. The number of aromatic nitrogens is 2. The summed E-state index contributed by atoms with van der Waals surface area (Å²) < 4.78 is 2.50. The van der Waals surface area contributed by atoms with Crippen LogP contribution in [0.4, 0.5) is 0 Å². The molecule has 5 rings (SSSR count). The number of pyridine rings is 1. The van der Waals surface area contributed by atoms with Gasteiger partial charge in [0.2, 0.25) is 0 Å². The van der Waals surface area contributed by atoms with Gasteiger partial charge in [0, 0.05) is 54.1 Å². The summed E-state index contributed by atoms with van der Waals surface area (Å²) in [6.45, 7) is 6.45. The first-order valence-corrected chi connectivity index (χ1v) is 9.95. The van der Waals surface area contributed by atoms with E-state index in [0.717, 1.165) is 19.5 Å². The van der Waals surface area contributed by atoms with Crippen molar-refractivity contribution in [1.29, 1.82) is 0 Å². The van der Waals surface area contributed by atoms with E-state index < -0.39 is 0 Å². The highest BCUT2D eigenvalue weighted by molar-refractivity contribution is 5.90. The van der Waals surface area contributed by atoms with Crippen molar-refractivity contribution in [2.24, 2.45) is 0 Å². The molecule has 3 heterocycles. The van der Waals surface area contributed by atoms with Gasteiger partial charge in [-0.25, -0.2) is 0 Å². The van der Waals surface area contributed by atoms with Gasteiger partial charge in [-0.1, -0.05) is 29.8 Å². The molecule has 1 aliphatic rings. The number of fused-ring (bicyclic) bond motifs is 3. The number of likely N-dealkylation sites (N-methyl/N-ethyl adjacent to an activating group) is 1. The Kier molecular flexibility index (Phi) is 4.06. The molecule has 3 nitrogen and oxygen atoms in total. The van der Waals surface area contributed by atoms with Crippen molar-refractivity contribution in [3.63, 3.8) is 0 Å². The minimum Gasteiger partial charge on any atom is -0.313 e. The van der Waals surface area contributed by atoms with Crippen LogP contribution >= 0.6 is 0 Å². The van der Waals surface area contributed by atoms with Crippen LogP contribution in [0, 0.1) is 13.8 Å². The lowest BCUT2D eigenvalue weighted by atomic mass is 10.0. The monoisotopic (exact) mass is 367 g/mol. The van der Waals surface area contributed by atoms with Crippen molar-refractivity contribution in [1.82, 2.24) is 14.5 Å². The number of aryl methyl sites for hydroxylation is 2. The second-order valence-corrected chi connectivity index (χ2v) is 7.98. The third kappa shape index (κ3) is 2.66. The molecule has 0 spiro atoms. The second kappa shape index (κ2) is 6.61. The first-order valence-electron chi connectivity index (χ1n) is 9.95. The van der Waals surface area contributed by atoms with Gasteiger partial charge in [-0.05, 0) is 56.3 Å². The molecule has 0 atom stereocenters. The van der Waals surface area contributed by atoms with E-state index in [1.807, 2.05) is 12.4 Å². The van der Waals surface area contributed by atoms with Crippen molar-refractivity contribution in [2.45, 2.75) is 26.8 Å². The number of nitrogens with zero attached hydrogens (tertiary/aromatic N) is 3. The molecule has 4 aromatic rings. The van der Waals surface area contributed by atoms with Crippen molar-refractivity contribution in [2.75, 3.05) is 13.6 Å². The summed E-state index contributed by atoms with van der Waals surface area (Å²) in [5.41, 5.74) is 10.5. The minimum absolute atomic E-state index is 1.01. The summed E-state index contributed by atoms with van der Waals surface area (Å²) in [7, 11) is 2.22. The first-order chi connectivity index (χ1) is 13.6. The fraction of sp³-hybridized carbons (Fsp3) is 0.240. The molecule has 0 fully saturated rings. The zero-order chi connectivity index (χ0) is 19.3. The van der Waals surface area contributed by atoms with Crippen LogP contribution in [-0.2, 0) is 13.0 Å². The van der Waals surface area contributed by atoms with Gasteiger partial charge in [0.1, 0.15) is 0 Å². The Hall–Kier alpha value is -2.91. The van der Waals surface area contributed by atoms with E-state index in [0.29, 0.717) is 0 Å². The topological polar surface area (TPSA) is 21.1 Å². The predicted molar refractivity (Wildman–Crippen MR) is 116 cm³/mol. The van der Waals surface area contributed by atoms with Crippen LogP contribution in [0.1, 0.15) is 22.4 Å². The van der Waals surface area contributed by atoms with E-state index in [2.05, 4.69) is 83.9 Å². The van der Waals surface area contributed by atoms with Crippen molar-refractivity contribution >= 4 is 10.9 Å². The largest absolute Gasteiger partial charge is 0.313 e. The Labute approximate surface area is 166 Å². The molecule has 0 saturated heterocycles. The molecular formula is C25H25N3. The minimum atomic E-state index is 1.01. The Balaban J connectivity index is 1.84. The molecule has 0 aliphatic carbocycles. The van der Waals surface area contributed by atoms with Crippen LogP contribution in [0.3, 0.4) is 0 Å². The molecule has 0 N–H and O–H groups in total. The van der Waals surface area contributed by atoms with E-state index >= 15 is 0 Å². The lowest BCUT2D eigenvalue weighted by molar-refractivity contribution is 0.311. The molecule has 0 bridgehead atoms. The van der Waals surface area contributed by atoms with E-state index in [-0.39, 0.29) is 0 Å². The highest BCUT2D eigenvalue weighted by atomic mass is 15.1. The van der Waals surface area contributed by atoms with E-state index in [4.69, 9.17) is 0 Å². The molecule has 0 radical (unpaired) electrons. The molecule has 2 aromatic carbocycles. The Morgan fingerprint density at radius 1 is 0.964 bits per heavy atom. The van der Waals surface area contributed by atoms with E-state index in [1.165, 1.54) is 50.1 Å². The molecule has 140 valence electrons. The van der Waals surface area contributed by atoms with Crippen LogP contribution in [0.15, 0.2) is 60.9 Å². The van der Waals surface area contributed by atoms with E-state index in [9.17, 15) is 0 Å².